The summed E-state index contributed by atoms with van der Waals surface area (Å²) in [7, 11) is 3.80. The summed E-state index contributed by atoms with van der Waals surface area (Å²) in [5, 5.41) is 52.1. The van der Waals surface area contributed by atoms with Crippen LogP contribution in [-0.4, -0.2) is 89.4 Å². The molecule has 0 heterocycles. The van der Waals surface area contributed by atoms with Crippen molar-refractivity contribution in [2.24, 2.45) is 0 Å². The van der Waals surface area contributed by atoms with Crippen LogP contribution in [0.1, 0.15) is 11.1 Å². The van der Waals surface area contributed by atoms with E-state index in [4.69, 9.17) is 9.47 Å². The number of rotatable bonds is 11. The van der Waals surface area contributed by atoms with Gasteiger partial charge in [-0.25, -0.2) is 9.18 Å². The summed E-state index contributed by atoms with van der Waals surface area (Å²) >= 11 is 0. The largest absolute Gasteiger partial charge is 0.497 e. The molecule has 0 saturated carbocycles. The van der Waals surface area contributed by atoms with E-state index in [2.05, 4.69) is 10.1 Å². The van der Waals surface area contributed by atoms with Crippen LogP contribution in [0.15, 0.2) is 42.5 Å². The molecule has 0 aromatic heterocycles. The van der Waals surface area contributed by atoms with Crippen molar-refractivity contribution < 1.29 is 53.7 Å². The second kappa shape index (κ2) is 13.0. The van der Waals surface area contributed by atoms with E-state index in [-0.39, 0.29) is 11.1 Å². The summed E-state index contributed by atoms with van der Waals surface area (Å²) in [6, 6.07) is 9.62. The van der Waals surface area contributed by atoms with Gasteiger partial charge in [0, 0.05) is 11.6 Å². The van der Waals surface area contributed by atoms with Gasteiger partial charge in [-0.2, -0.15) is 0 Å². The third kappa shape index (κ3) is 7.23. The fraction of sp³-hybridized carbons (Fsp3) is 0.333. The molecule has 1 amide bonds. The highest BCUT2D eigenvalue weighted by Gasteiger charge is 2.38. The first-order valence-electron chi connectivity index (χ1n) is 10.5. The first kappa shape index (κ1) is 28.7. The fourth-order valence-electron chi connectivity index (χ4n) is 3.12. The predicted molar refractivity (Wildman–Crippen MR) is 124 cm³/mol. The number of nitrogens with one attached hydrogen (secondary N) is 1. The third-order valence-corrected chi connectivity index (χ3v) is 5.15. The zero-order valence-corrected chi connectivity index (χ0v) is 19.7. The minimum atomic E-state index is -2.25. The molecule has 0 aliphatic rings. The second-order valence-corrected chi connectivity index (χ2v) is 7.57. The van der Waals surface area contributed by atoms with Crippen molar-refractivity contribution >= 4 is 23.5 Å². The molecule has 0 spiro atoms. The Morgan fingerprint density at radius 1 is 0.861 bits per heavy atom. The van der Waals surface area contributed by atoms with Crippen LogP contribution in [0.2, 0.25) is 0 Å². The summed E-state index contributed by atoms with van der Waals surface area (Å²) in [5.74, 6) is -1.97. The molecule has 5 unspecified atom stereocenters. The van der Waals surface area contributed by atoms with Crippen molar-refractivity contribution in [2.45, 2.75) is 30.6 Å². The molecule has 2 aromatic carbocycles. The summed E-state index contributed by atoms with van der Waals surface area (Å²) in [5.41, 5.74) is 0.590. The lowest BCUT2D eigenvalue weighted by molar-refractivity contribution is -0.172. The highest BCUT2D eigenvalue weighted by atomic mass is 19.1. The maximum atomic E-state index is 13.5. The lowest BCUT2D eigenvalue weighted by Gasteiger charge is -2.28. The number of ether oxygens (including phenoxy) is 3. The standard InChI is InChI=1S/C24H28FNO10/c1-34-15-8-12(9-16(11-15)35-2)10-17(13-4-6-14(25)7-5-13)22(31)26-23(32)20(29)18(27)19(28)21(30)24(33)36-3/h4-11,18-21,23,27-30,32H,1-3H3,(H,26,31)/b17-10-. The average molecular weight is 509 g/mol. The molecule has 0 radical (unpaired) electrons. The lowest BCUT2D eigenvalue weighted by Crippen LogP contribution is -2.55. The number of benzene rings is 2. The zero-order chi connectivity index (χ0) is 27.0. The molecule has 2 rings (SSSR count). The Kier molecular flexibility index (Phi) is 10.3. The Balaban J connectivity index is 2.35. The van der Waals surface area contributed by atoms with Crippen LogP contribution in [0, 0.1) is 5.82 Å². The molecule has 2 aromatic rings. The van der Waals surface area contributed by atoms with Gasteiger partial charge in [-0.3, -0.25) is 4.79 Å². The Labute approximate surface area is 206 Å². The normalized spacial score (nSPS) is 15.8. The van der Waals surface area contributed by atoms with Gasteiger partial charge < -0.3 is 45.1 Å². The summed E-state index contributed by atoms with van der Waals surface area (Å²) in [4.78, 5) is 24.4. The Hall–Kier alpha value is -3.55. The number of carbonyl (C=O) groups is 2. The summed E-state index contributed by atoms with van der Waals surface area (Å²) in [6.45, 7) is 0. The van der Waals surface area contributed by atoms with Gasteiger partial charge in [-0.1, -0.05) is 12.1 Å². The molecular weight excluding hydrogens is 481 g/mol. The van der Waals surface area contributed by atoms with Crippen molar-refractivity contribution in [1.29, 1.82) is 0 Å². The van der Waals surface area contributed by atoms with Crippen molar-refractivity contribution in [3.63, 3.8) is 0 Å². The van der Waals surface area contributed by atoms with Crippen LogP contribution in [-0.2, 0) is 14.3 Å². The Bertz CT molecular complexity index is 1050. The number of methoxy groups -OCH3 is 3. The highest BCUT2D eigenvalue weighted by Crippen LogP contribution is 2.27. The second-order valence-electron chi connectivity index (χ2n) is 7.57. The molecule has 0 aliphatic heterocycles. The van der Waals surface area contributed by atoms with Crippen molar-refractivity contribution in [1.82, 2.24) is 5.32 Å². The number of halogens is 1. The Morgan fingerprint density at radius 2 is 1.42 bits per heavy atom. The molecular formula is C24H28FNO10. The molecule has 0 aliphatic carbocycles. The first-order valence-corrected chi connectivity index (χ1v) is 10.5. The first-order chi connectivity index (χ1) is 17.0. The quantitative estimate of drug-likeness (QED) is 0.0996. The average Bonchev–Trinajstić information content (AvgIpc) is 2.89. The van der Waals surface area contributed by atoms with Crippen LogP contribution in [0.25, 0.3) is 11.6 Å². The molecule has 6 N–H and O–H groups in total. The maximum absolute atomic E-state index is 13.5. The number of carbonyl (C=O) groups excluding carboxylic acids is 2. The molecule has 0 fully saturated rings. The van der Waals surface area contributed by atoms with Crippen molar-refractivity contribution in [3.05, 3.63) is 59.4 Å². The van der Waals surface area contributed by atoms with Gasteiger partial charge in [-0.15, -0.1) is 0 Å². The highest BCUT2D eigenvalue weighted by molar-refractivity contribution is 6.24. The lowest BCUT2D eigenvalue weighted by atomic mass is 10.00. The number of amides is 1. The van der Waals surface area contributed by atoms with Crippen LogP contribution in [0.5, 0.6) is 11.5 Å². The number of hydrogen-bond donors (Lipinski definition) is 6. The van der Waals surface area contributed by atoms with Crippen molar-refractivity contribution in [2.75, 3.05) is 21.3 Å². The van der Waals surface area contributed by atoms with Crippen molar-refractivity contribution in [3.8, 4) is 11.5 Å². The minimum Gasteiger partial charge on any atom is -0.497 e. The molecule has 0 saturated heterocycles. The van der Waals surface area contributed by atoms with E-state index < -0.39 is 48.3 Å². The van der Waals surface area contributed by atoms with Gasteiger partial charge in [0.1, 0.15) is 35.6 Å². The minimum absolute atomic E-state index is 0.0822. The van der Waals surface area contributed by atoms with Gasteiger partial charge in [-0.05, 0) is 41.5 Å². The molecule has 5 atom stereocenters. The van der Waals surface area contributed by atoms with Gasteiger partial charge in [0.2, 0.25) is 0 Å². The molecule has 12 heteroatoms. The van der Waals surface area contributed by atoms with E-state index in [1.54, 1.807) is 18.2 Å². The van der Waals surface area contributed by atoms with Gasteiger partial charge in [0.25, 0.3) is 5.91 Å². The van der Waals surface area contributed by atoms with E-state index in [1.807, 2.05) is 0 Å². The Morgan fingerprint density at radius 3 is 1.92 bits per heavy atom. The van der Waals surface area contributed by atoms with Gasteiger partial charge in [0.05, 0.1) is 21.3 Å². The smallest absolute Gasteiger partial charge is 0.337 e. The van der Waals surface area contributed by atoms with E-state index in [1.165, 1.54) is 32.4 Å². The van der Waals surface area contributed by atoms with Crippen LogP contribution >= 0.6 is 0 Å². The summed E-state index contributed by atoms with van der Waals surface area (Å²) in [6.07, 6.45) is -9.71. The van der Waals surface area contributed by atoms with Gasteiger partial charge in [0.15, 0.2) is 12.3 Å². The number of hydrogen-bond acceptors (Lipinski definition) is 10. The fourth-order valence-corrected chi connectivity index (χ4v) is 3.12. The van der Waals surface area contributed by atoms with E-state index in [0.717, 1.165) is 19.2 Å². The monoisotopic (exact) mass is 509 g/mol. The summed E-state index contributed by atoms with van der Waals surface area (Å²) < 4.78 is 28.1. The molecule has 36 heavy (non-hydrogen) atoms. The van der Waals surface area contributed by atoms with Crippen LogP contribution in [0.3, 0.4) is 0 Å². The maximum Gasteiger partial charge on any atom is 0.337 e. The SMILES string of the molecule is COC(=O)C(O)C(O)C(O)C(O)C(O)NC(=O)/C(=C\c1cc(OC)cc(OC)c1)c1ccc(F)cc1. The molecule has 196 valence electrons. The predicted octanol–water partition coefficient (Wildman–Crippen LogP) is -0.565. The van der Waals surface area contributed by atoms with E-state index in [0.29, 0.717) is 17.1 Å². The van der Waals surface area contributed by atoms with Gasteiger partial charge >= 0.3 is 5.97 Å². The number of esters is 1. The number of aliphatic hydroxyl groups excluding tert-OH is 5. The van der Waals surface area contributed by atoms with E-state index >= 15 is 0 Å². The van der Waals surface area contributed by atoms with Crippen LogP contribution < -0.4 is 14.8 Å². The third-order valence-electron chi connectivity index (χ3n) is 5.15. The van der Waals surface area contributed by atoms with E-state index in [9.17, 15) is 39.5 Å². The zero-order valence-electron chi connectivity index (χ0n) is 19.7. The molecule has 0 bridgehead atoms. The van der Waals surface area contributed by atoms with Crippen LogP contribution in [0.4, 0.5) is 4.39 Å². The topological polar surface area (TPSA) is 175 Å². The molecule has 11 nitrogen and oxygen atoms in total. The number of aliphatic hydroxyl groups is 5.